The van der Waals surface area contributed by atoms with Gasteiger partial charge in [-0.15, -0.1) is 12.3 Å². The van der Waals surface area contributed by atoms with E-state index in [4.69, 9.17) is 12.2 Å². The minimum atomic E-state index is -0.796. The highest BCUT2D eigenvalue weighted by Gasteiger charge is 2.49. The van der Waals surface area contributed by atoms with Crippen LogP contribution in [0.25, 0.3) is 0 Å². The van der Waals surface area contributed by atoms with Crippen molar-refractivity contribution in [2.45, 2.75) is 31.1 Å². The van der Waals surface area contributed by atoms with Crippen LogP contribution in [-0.4, -0.2) is 30.4 Å². The van der Waals surface area contributed by atoms with Gasteiger partial charge in [-0.25, -0.2) is 0 Å². The van der Waals surface area contributed by atoms with Gasteiger partial charge >= 0.3 is 0 Å². The Labute approximate surface area is 162 Å². The van der Waals surface area contributed by atoms with Crippen molar-refractivity contribution in [1.82, 2.24) is 4.90 Å². The highest BCUT2D eigenvalue weighted by molar-refractivity contribution is 5.91. The number of carbonyl (C=O) groups is 1. The van der Waals surface area contributed by atoms with Crippen LogP contribution in [0.5, 0.6) is 0 Å². The highest BCUT2D eigenvalue weighted by Crippen LogP contribution is 2.43. The van der Waals surface area contributed by atoms with Crippen molar-refractivity contribution in [3.63, 3.8) is 0 Å². The van der Waals surface area contributed by atoms with E-state index < -0.39 is 5.41 Å². The van der Waals surface area contributed by atoms with Gasteiger partial charge in [0, 0.05) is 13.0 Å². The molecule has 1 amide bonds. The van der Waals surface area contributed by atoms with E-state index in [9.17, 15) is 4.79 Å². The number of carbonyl (C=O) groups excluding carboxylic acids is 1. The number of hydrogen-bond donors (Lipinski definition) is 1. The molecule has 2 aromatic carbocycles. The van der Waals surface area contributed by atoms with Gasteiger partial charge in [0.05, 0.1) is 0 Å². The number of terminal acetylenes is 1. The molecule has 2 aromatic rings. The number of unbranched alkanes of at least 4 members (excludes halogenated alkanes) is 2. The monoisotopic (exact) mass is 360 g/mol. The molecule has 140 valence electrons. The van der Waals surface area contributed by atoms with E-state index in [-0.39, 0.29) is 11.8 Å². The Morgan fingerprint density at radius 3 is 2.19 bits per heavy atom. The van der Waals surface area contributed by atoms with Crippen molar-refractivity contribution < 1.29 is 4.79 Å². The number of benzene rings is 2. The maximum absolute atomic E-state index is 13.0. The van der Waals surface area contributed by atoms with Crippen molar-refractivity contribution in [1.29, 1.82) is 0 Å². The fourth-order valence-electron chi connectivity index (χ4n) is 4.48. The number of primary amides is 1. The fraction of sp³-hybridized carbons (Fsp3) is 0.375. The molecule has 1 aliphatic heterocycles. The highest BCUT2D eigenvalue weighted by atomic mass is 16.1. The van der Waals surface area contributed by atoms with E-state index in [1.807, 2.05) is 60.7 Å². The summed E-state index contributed by atoms with van der Waals surface area (Å²) in [4.78, 5) is 15.4. The lowest BCUT2D eigenvalue weighted by Crippen LogP contribution is -2.49. The van der Waals surface area contributed by atoms with Gasteiger partial charge in [-0.05, 0) is 49.4 Å². The van der Waals surface area contributed by atoms with E-state index in [0.29, 0.717) is 0 Å². The van der Waals surface area contributed by atoms with Gasteiger partial charge in [-0.3, -0.25) is 4.79 Å². The molecule has 1 atom stereocenters. The minimum Gasteiger partial charge on any atom is -0.369 e. The molecule has 0 bridgehead atoms. The molecule has 0 spiro atoms. The maximum atomic E-state index is 13.0. The summed E-state index contributed by atoms with van der Waals surface area (Å²) in [5.41, 5.74) is 7.30. The van der Waals surface area contributed by atoms with Crippen LogP contribution in [0.1, 0.15) is 36.8 Å². The molecular formula is C24H28N2O. The van der Waals surface area contributed by atoms with Crippen LogP contribution in [0.3, 0.4) is 0 Å². The van der Waals surface area contributed by atoms with Crippen molar-refractivity contribution >= 4 is 5.91 Å². The summed E-state index contributed by atoms with van der Waals surface area (Å²) in [7, 11) is 0. The lowest BCUT2D eigenvalue weighted by Gasteiger charge is -2.37. The van der Waals surface area contributed by atoms with Crippen LogP contribution in [0.2, 0.25) is 0 Å². The van der Waals surface area contributed by atoms with E-state index in [1.165, 1.54) is 0 Å². The van der Waals surface area contributed by atoms with E-state index >= 15 is 0 Å². The zero-order valence-electron chi connectivity index (χ0n) is 15.8. The number of nitrogens with zero attached hydrogens (tertiary/aromatic N) is 1. The summed E-state index contributed by atoms with van der Waals surface area (Å²) in [6.07, 6.45) is 9.29. The SMILES string of the molecule is C#CCCCCN1CCC(C(C(N)=O)(c2ccccc2)c2ccccc2)C1. The Bertz CT molecular complexity index is 740. The van der Waals surface area contributed by atoms with Gasteiger partial charge in [0.15, 0.2) is 0 Å². The molecule has 0 radical (unpaired) electrons. The lowest BCUT2D eigenvalue weighted by molar-refractivity contribution is -0.123. The van der Waals surface area contributed by atoms with E-state index in [0.717, 1.165) is 56.4 Å². The van der Waals surface area contributed by atoms with Gasteiger partial charge in [0.25, 0.3) is 0 Å². The zero-order chi connectivity index (χ0) is 19.1. The Balaban J connectivity index is 1.92. The average Bonchev–Trinajstić information content (AvgIpc) is 3.16. The van der Waals surface area contributed by atoms with Crippen molar-refractivity contribution in [3.05, 3.63) is 71.8 Å². The van der Waals surface area contributed by atoms with Gasteiger partial charge in [0.1, 0.15) is 5.41 Å². The third-order valence-corrected chi connectivity index (χ3v) is 5.78. The van der Waals surface area contributed by atoms with Crippen LogP contribution in [0.15, 0.2) is 60.7 Å². The molecule has 0 aliphatic carbocycles. The van der Waals surface area contributed by atoms with Crippen molar-refractivity contribution in [2.24, 2.45) is 11.7 Å². The molecule has 2 N–H and O–H groups in total. The molecule has 3 heteroatoms. The van der Waals surface area contributed by atoms with Gasteiger partial charge in [-0.1, -0.05) is 60.7 Å². The zero-order valence-corrected chi connectivity index (χ0v) is 15.8. The topological polar surface area (TPSA) is 46.3 Å². The maximum Gasteiger partial charge on any atom is 0.232 e. The fourth-order valence-corrected chi connectivity index (χ4v) is 4.48. The van der Waals surface area contributed by atoms with Gasteiger partial charge in [0.2, 0.25) is 5.91 Å². The second kappa shape index (κ2) is 8.88. The first-order valence-corrected chi connectivity index (χ1v) is 9.76. The number of amides is 1. The molecule has 0 aromatic heterocycles. The predicted molar refractivity (Wildman–Crippen MR) is 110 cm³/mol. The minimum absolute atomic E-state index is 0.160. The van der Waals surface area contributed by atoms with Crippen LogP contribution in [0, 0.1) is 18.3 Å². The smallest absolute Gasteiger partial charge is 0.232 e. The van der Waals surface area contributed by atoms with Crippen molar-refractivity contribution in [2.75, 3.05) is 19.6 Å². The molecule has 3 rings (SSSR count). The summed E-state index contributed by atoms with van der Waals surface area (Å²) in [5, 5.41) is 0. The lowest BCUT2D eigenvalue weighted by atomic mass is 9.64. The Kier molecular flexibility index (Phi) is 6.32. The number of rotatable bonds is 8. The number of hydrogen-bond acceptors (Lipinski definition) is 2. The molecule has 1 fully saturated rings. The average molecular weight is 361 g/mol. The standard InChI is InChI=1S/C24H28N2O/c1-2-3-4-11-17-26-18-16-22(19-26)24(23(25)27,20-12-7-5-8-13-20)21-14-9-6-10-15-21/h1,5-10,12-15,22H,3-4,11,16-19H2,(H2,25,27). The Morgan fingerprint density at radius 2 is 1.67 bits per heavy atom. The Hall–Kier alpha value is -2.57. The van der Waals surface area contributed by atoms with E-state index in [1.54, 1.807) is 0 Å². The molecule has 1 heterocycles. The van der Waals surface area contributed by atoms with Crippen LogP contribution in [0.4, 0.5) is 0 Å². The summed E-state index contributed by atoms with van der Waals surface area (Å²) < 4.78 is 0. The first-order chi connectivity index (χ1) is 13.2. The molecular weight excluding hydrogens is 332 g/mol. The second-order valence-corrected chi connectivity index (χ2v) is 7.35. The normalized spacial score (nSPS) is 17.5. The molecule has 1 saturated heterocycles. The van der Waals surface area contributed by atoms with E-state index in [2.05, 4.69) is 10.8 Å². The predicted octanol–water partition coefficient (Wildman–Crippen LogP) is 3.58. The summed E-state index contributed by atoms with van der Waals surface area (Å²) in [6, 6.07) is 20.1. The van der Waals surface area contributed by atoms with Crippen LogP contribution >= 0.6 is 0 Å². The number of nitrogens with two attached hydrogens (primary N) is 1. The third-order valence-electron chi connectivity index (χ3n) is 5.78. The molecule has 0 saturated carbocycles. The third kappa shape index (κ3) is 3.91. The molecule has 3 nitrogen and oxygen atoms in total. The number of likely N-dealkylation sites (tertiary alicyclic amines) is 1. The van der Waals surface area contributed by atoms with Crippen LogP contribution < -0.4 is 5.73 Å². The summed E-state index contributed by atoms with van der Waals surface area (Å²) in [6.45, 7) is 2.90. The quantitative estimate of drug-likeness (QED) is 0.578. The van der Waals surface area contributed by atoms with Crippen LogP contribution in [-0.2, 0) is 10.2 Å². The largest absolute Gasteiger partial charge is 0.369 e. The molecule has 1 aliphatic rings. The van der Waals surface area contributed by atoms with Crippen molar-refractivity contribution in [3.8, 4) is 12.3 Å². The van der Waals surface area contributed by atoms with Gasteiger partial charge in [-0.2, -0.15) is 0 Å². The molecule has 27 heavy (non-hydrogen) atoms. The summed E-state index contributed by atoms with van der Waals surface area (Å²) >= 11 is 0. The molecule has 1 unspecified atom stereocenters. The summed E-state index contributed by atoms with van der Waals surface area (Å²) in [5.74, 6) is 2.60. The first-order valence-electron chi connectivity index (χ1n) is 9.76. The second-order valence-electron chi connectivity index (χ2n) is 7.35. The van der Waals surface area contributed by atoms with Gasteiger partial charge < -0.3 is 10.6 Å². The Morgan fingerprint density at radius 1 is 1.07 bits per heavy atom. The first kappa shape index (κ1) is 19.2.